The summed E-state index contributed by atoms with van der Waals surface area (Å²) >= 11 is 7.58. The molecule has 0 fully saturated rings. The van der Waals surface area contributed by atoms with E-state index in [1.165, 1.54) is 5.39 Å². The predicted molar refractivity (Wildman–Crippen MR) is 62.1 cm³/mol. The van der Waals surface area contributed by atoms with E-state index in [-0.39, 0.29) is 0 Å². The van der Waals surface area contributed by atoms with Crippen LogP contribution in [0.4, 0.5) is 0 Å². The first-order chi connectivity index (χ1) is 6.83. The van der Waals surface area contributed by atoms with Crippen molar-refractivity contribution in [3.63, 3.8) is 0 Å². The van der Waals surface area contributed by atoms with Gasteiger partial charge in [0, 0.05) is 15.8 Å². The predicted octanol–water partition coefficient (Wildman–Crippen LogP) is 4.10. The lowest BCUT2D eigenvalue weighted by molar-refractivity contribution is 1.54. The fourth-order valence-electron chi connectivity index (χ4n) is 1.53. The Morgan fingerprint density at radius 2 is 2.00 bits per heavy atom. The van der Waals surface area contributed by atoms with Crippen molar-refractivity contribution in [3.05, 3.63) is 40.7 Å². The van der Waals surface area contributed by atoms with Gasteiger partial charge < -0.3 is 0 Å². The number of hydrogen-bond acceptors (Lipinski definition) is 2. The molecule has 2 aromatic heterocycles. The summed E-state index contributed by atoms with van der Waals surface area (Å²) < 4.78 is 0. The summed E-state index contributed by atoms with van der Waals surface area (Å²) in [4.78, 5) is 5.62. The van der Waals surface area contributed by atoms with Gasteiger partial charge in [0.25, 0.3) is 0 Å². The number of nitrogens with zero attached hydrogens (tertiary/aromatic N) is 1. The minimum absolute atomic E-state index is 0.758. The van der Waals surface area contributed by atoms with Crippen molar-refractivity contribution >= 4 is 44.1 Å². The van der Waals surface area contributed by atoms with Crippen LogP contribution in [-0.2, 0) is 0 Å². The Labute approximate surface area is 90.0 Å². The van der Waals surface area contributed by atoms with Crippen molar-refractivity contribution in [1.29, 1.82) is 0 Å². The highest BCUT2D eigenvalue weighted by Crippen LogP contribution is 2.25. The van der Waals surface area contributed by atoms with E-state index in [4.69, 9.17) is 11.6 Å². The second-order valence-electron chi connectivity index (χ2n) is 3.14. The monoisotopic (exact) mass is 219 g/mol. The van der Waals surface area contributed by atoms with Gasteiger partial charge in [0.2, 0.25) is 0 Å². The van der Waals surface area contributed by atoms with Crippen LogP contribution in [0, 0.1) is 0 Å². The van der Waals surface area contributed by atoms with Crippen LogP contribution in [0.1, 0.15) is 0 Å². The zero-order valence-electron chi connectivity index (χ0n) is 7.20. The minimum atomic E-state index is 0.758. The molecule has 0 N–H and O–H groups in total. The Bertz CT molecular complexity index is 615. The third kappa shape index (κ3) is 1.19. The number of pyridine rings is 1. The third-order valence-electron chi connectivity index (χ3n) is 2.20. The molecule has 0 aliphatic rings. The second kappa shape index (κ2) is 2.94. The van der Waals surface area contributed by atoms with Crippen LogP contribution in [-0.4, -0.2) is 4.98 Å². The molecule has 0 atom stereocenters. The van der Waals surface area contributed by atoms with Crippen molar-refractivity contribution in [2.75, 3.05) is 0 Å². The molecule has 14 heavy (non-hydrogen) atoms. The fraction of sp³-hybridized carbons (Fsp3) is 0. The van der Waals surface area contributed by atoms with Crippen LogP contribution in [0.3, 0.4) is 0 Å². The Balaban J connectivity index is 2.50. The molecule has 3 aromatic rings. The first-order valence-electron chi connectivity index (χ1n) is 4.26. The standard InChI is InChI=1S/C11H6ClNS/c12-9-1-2-10-8(6-9)5-7-3-4-14-11(7)13-10/h1-6H. The van der Waals surface area contributed by atoms with Gasteiger partial charge in [-0.2, -0.15) is 0 Å². The lowest BCUT2D eigenvalue weighted by atomic mass is 10.2. The molecule has 0 spiro atoms. The first kappa shape index (κ1) is 8.21. The molecular formula is C11H6ClNS. The van der Waals surface area contributed by atoms with Crippen molar-refractivity contribution < 1.29 is 0 Å². The van der Waals surface area contributed by atoms with E-state index in [9.17, 15) is 0 Å². The van der Waals surface area contributed by atoms with Crippen LogP contribution in [0.5, 0.6) is 0 Å². The summed E-state index contributed by atoms with van der Waals surface area (Å²) in [5, 5.41) is 5.10. The smallest absolute Gasteiger partial charge is 0.123 e. The highest BCUT2D eigenvalue weighted by Gasteiger charge is 2.00. The van der Waals surface area contributed by atoms with E-state index in [1.807, 2.05) is 18.2 Å². The Morgan fingerprint density at radius 3 is 2.93 bits per heavy atom. The van der Waals surface area contributed by atoms with Gasteiger partial charge >= 0.3 is 0 Å². The number of thiophene rings is 1. The SMILES string of the molecule is Clc1ccc2nc3sccc3cc2c1. The maximum atomic E-state index is 5.92. The van der Waals surface area contributed by atoms with Crippen LogP contribution in [0.25, 0.3) is 21.1 Å². The number of hydrogen-bond donors (Lipinski definition) is 0. The van der Waals surface area contributed by atoms with Crippen LogP contribution in [0.2, 0.25) is 5.02 Å². The Hall–Kier alpha value is -1.12. The molecule has 3 rings (SSSR count). The lowest BCUT2D eigenvalue weighted by Gasteiger charge is -1.97. The van der Waals surface area contributed by atoms with Gasteiger partial charge in [0.05, 0.1) is 5.52 Å². The van der Waals surface area contributed by atoms with Crippen LogP contribution >= 0.6 is 22.9 Å². The first-order valence-corrected chi connectivity index (χ1v) is 5.52. The molecule has 68 valence electrons. The van der Waals surface area contributed by atoms with Crippen LogP contribution in [0.15, 0.2) is 35.7 Å². The van der Waals surface area contributed by atoms with Crippen molar-refractivity contribution in [3.8, 4) is 0 Å². The average molecular weight is 220 g/mol. The van der Waals surface area contributed by atoms with Gasteiger partial charge in [0.1, 0.15) is 4.83 Å². The molecular weight excluding hydrogens is 214 g/mol. The average Bonchev–Trinajstić information content (AvgIpc) is 2.61. The van der Waals surface area contributed by atoms with Gasteiger partial charge in [-0.1, -0.05) is 11.6 Å². The quantitative estimate of drug-likeness (QED) is 0.555. The van der Waals surface area contributed by atoms with Gasteiger partial charge in [-0.25, -0.2) is 4.98 Å². The third-order valence-corrected chi connectivity index (χ3v) is 3.25. The summed E-state index contributed by atoms with van der Waals surface area (Å²) in [7, 11) is 0. The molecule has 1 nitrogen and oxygen atoms in total. The molecule has 0 saturated heterocycles. The van der Waals surface area contributed by atoms with E-state index >= 15 is 0 Å². The second-order valence-corrected chi connectivity index (χ2v) is 4.47. The molecule has 1 aromatic carbocycles. The minimum Gasteiger partial charge on any atom is -0.237 e. The summed E-state index contributed by atoms with van der Waals surface area (Å²) in [6, 6.07) is 9.97. The number of fused-ring (bicyclic) bond motifs is 2. The van der Waals surface area contributed by atoms with E-state index in [0.29, 0.717) is 0 Å². The summed E-state index contributed by atoms with van der Waals surface area (Å²) in [5.41, 5.74) is 1.00. The largest absolute Gasteiger partial charge is 0.237 e. The van der Waals surface area contributed by atoms with Crippen LogP contribution < -0.4 is 0 Å². The molecule has 0 aliphatic heterocycles. The van der Waals surface area contributed by atoms with Crippen molar-refractivity contribution in [2.24, 2.45) is 0 Å². The Morgan fingerprint density at radius 1 is 1.07 bits per heavy atom. The van der Waals surface area contributed by atoms with Gasteiger partial charge in [-0.15, -0.1) is 11.3 Å². The molecule has 2 heterocycles. The highest BCUT2D eigenvalue weighted by atomic mass is 35.5. The maximum Gasteiger partial charge on any atom is 0.123 e. The molecule has 0 saturated carbocycles. The molecule has 0 radical (unpaired) electrons. The molecule has 0 unspecified atom stereocenters. The van der Waals surface area contributed by atoms with Gasteiger partial charge in [0.15, 0.2) is 0 Å². The zero-order valence-corrected chi connectivity index (χ0v) is 8.77. The van der Waals surface area contributed by atoms with E-state index < -0.39 is 0 Å². The normalized spacial score (nSPS) is 11.2. The fourth-order valence-corrected chi connectivity index (χ4v) is 2.47. The number of benzene rings is 1. The molecule has 0 bridgehead atoms. The van der Waals surface area contributed by atoms with Crippen molar-refractivity contribution in [2.45, 2.75) is 0 Å². The van der Waals surface area contributed by atoms with Gasteiger partial charge in [-0.3, -0.25) is 0 Å². The van der Waals surface area contributed by atoms with Gasteiger partial charge in [-0.05, 0) is 35.7 Å². The number of halogens is 1. The topological polar surface area (TPSA) is 12.9 Å². The van der Waals surface area contributed by atoms with E-state index in [1.54, 1.807) is 11.3 Å². The molecule has 0 aliphatic carbocycles. The summed E-state index contributed by atoms with van der Waals surface area (Å²) in [5.74, 6) is 0. The Kier molecular flexibility index (Phi) is 1.72. The van der Waals surface area contributed by atoms with E-state index in [0.717, 1.165) is 20.8 Å². The molecule has 0 amide bonds. The summed E-state index contributed by atoms with van der Waals surface area (Å²) in [6.07, 6.45) is 0. The van der Waals surface area contributed by atoms with E-state index in [2.05, 4.69) is 22.5 Å². The number of aromatic nitrogens is 1. The number of rotatable bonds is 0. The maximum absolute atomic E-state index is 5.92. The zero-order chi connectivity index (χ0) is 9.54. The summed E-state index contributed by atoms with van der Waals surface area (Å²) in [6.45, 7) is 0. The molecule has 3 heteroatoms. The lowest BCUT2D eigenvalue weighted by Crippen LogP contribution is -1.77. The highest BCUT2D eigenvalue weighted by molar-refractivity contribution is 7.16. The van der Waals surface area contributed by atoms with Crippen molar-refractivity contribution in [1.82, 2.24) is 4.98 Å².